The second kappa shape index (κ2) is 8.36. The van der Waals surface area contributed by atoms with E-state index in [0.29, 0.717) is 11.3 Å². The summed E-state index contributed by atoms with van der Waals surface area (Å²) < 4.78 is 5.06. The van der Waals surface area contributed by atoms with Crippen LogP contribution in [0.5, 0.6) is 0 Å². The molecule has 0 aliphatic carbocycles. The van der Waals surface area contributed by atoms with Crippen molar-refractivity contribution in [3.05, 3.63) is 89.9 Å². The molecule has 26 heavy (non-hydrogen) atoms. The number of furan rings is 1. The van der Waals surface area contributed by atoms with Crippen LogP contribution in [-0.4, -0.2) is 17.9 Å². The molecular formula is C21H17NO3S. The molecule has 2 aromatic carbocycles. The highest BCUT2D eigenvalue weighted by molar-refractivity contribution is 7.98. The van der Waals surface area contributed by atoms with Gasteiger partial charge in [0, 0.05) is 16.1 Å². The first-order valence-corrected chi connectivity index (χ1v) is 9.19. The van der Waals surface area contributed by atoms with Crippen molar-refractivity contribution in [1.82, 2.24) is 0 Å². The summed E-state index contributed by atoms with van der Waals surface area (Å²) in [5.74, 6) is -0.271. The number of ketones is 1. The lowest BCUT2D eigenvalue weighted by atomic mass is 10.1. The molecule has 3 aromatic rings. The van der Waals surface area contributed by atoms with E-state index >= 15 is 0 Å². The van der Waals surface area contributed by atoms with Crippen molar-refractivity contribution < 1.29 is 14.0 Å². The average Bonchev–Trinajstić information content (AvgIpc) is 3.22. The quantitative estimate of drug-likeness (QED) is 0.374. The smallest absolute Gasteiger partial charge is 0.291 e. The minimum atomic E-state index is -0.357. The third-order valence-electron chi connectivity index (χ3n) is 3.69. The van der Waals surface area contributed by atoms with E-state index in [1.54, 1.807) is 54.2 Å². The number of thioether (sulfide) groups is 1. The third kappa shape index (κ3) is 4.52. The van der Waals surface area contributed by atoms with Crippen molar-refractivity contribution in [2.75, 3.05) is 11.6 Å². The summed E-state index contributed by atoms with van der Waals surface area (Å²) in [6, 6.07) is 18.0. The lowest BCUT2D eigenvalue weighted by molar-refractivity contribution is 0.0994. The Morgan fingerprint density at radius 2 is 1.85 bits per heavy atom. The van der Waals surface area contributed by atoms with Gasteiger partial charge in [0.1, 0.15) is 0 Å². The number of benzene rings is 2. The van der Waals surface area contributed by atoms with Gasteiger partial charge in [0.2, 0.25) is 0 Å². The van der Waals surface area contributed by atoms with Gasteiger partial charge in [-0.2, -0.15) is 0 Å². The fourth-order valence-electron chi connectivity index (χ4n) is 2.33. The highest BCUT2D eigenvalue weighted by Gasteiger charge is 2.10. The first-order chi connectivity index (χ1) is 12.7. The van der Waals surface area contributed by atoms with E-state index in [9.17, 15) is 9.59 Å². The Hall–Kier alpha value is -3.05. The molecule has 1 N–H and O–H groups in total. The fraction of sp³-hybridized carbons (Fsp3) is 0.0476. The maximum atomic E-state index is 12.4. The zero-order valence-corrected chi connectivity index (χ0v) is 15.0. The number of allylic oxidation sites excluding steroid dienone is 1. The van der Waals surface area contributed by atoms with Crippen LogP contribution in [0.1, 0.15) is 26.5 Å². The molecule has 5 heteroatoms. The molecule has 4 nitrogen and oxygen atoms in total. The first kappa shape index (κ1) is 17.8. The summed E-state index contributed by atoms with van der Waals surface area (Å²) in [4.78, 5) is 25.6. The normalized spacial score (nSPS) is 10.8. The minimum absolute atomic E-state index is 0.131. The predicted molar refractivity (Wildman–Crippen MR) is 105 cm³/mol. The van der Waals surface area contributed by atoms with Crippen LogP contribution >= 0.6 is 11.8 Å². The van der Waals surface area contributed by atoms with Gasteiger partial charge in [0.05, 0.1) is 6.26 Å². The molecule has 0 unspecified atom stereocenters. The van der Waals surface area contributed by atoms with Gasteiger partial charge in [-0.05, 0) is 54.3 Å². The third-order valence-corrected chi connectivity index (χ3v) is 4.44. The van der Waals surface area contributed by atoms with Crippen LogP contribution in [-0.2, 0) is 0 Å². The lowest BCUT2D eigenvalue weighted by Crippen LogP contribution is -2.11. The van der Waals surface area contributed by atoms with Gasteiger partial charge < -0.3 is 9.73 Å². The number of rotatable bonds is 6. The molecule has 0 aliphatic heterocycles. The fourth-order valence-corrected chi connectivity index (χ4v) is 2.74. The van der Waals surface area contributed by atoms with E-state index in [1.807, 2.05) is 30.5 Å². The Bertz CT molecular complexity index is 928. The molecule has 3 rings (SSSR count). The van der Waals surface area contributed by atoms with Crippen molar-refractivity contribution >= 4 is 35.2 Å². The number of nitrogens with one attached hydrogen (secondary N) is 1. The number of anilines is 1. The highest BCUT2D eigenvalue weighted by Crippen LogP contribution is 2.17. The molecule has 0 fully saturated rings. The zero-order valence-electron chi connectivity index (χ0n) is 14.1. The van der Waals surface area contributed by atoms with Crippen LogP contribution in [0.2, 0.25) is 0 Å². The zero-order chi connectivity index (χ0) is 18.4. The second-order valence-corrected chi connectivity index (χ2v) is 6.36. The van der Waals surface area contributed by atoms with Crippen LogP contribution in [0, 0.1) is 0 Å². The Morgan fingerprint density at radius 1 is 1.04 bits per heavy atom. The molecule has 0 saturated carbocycles. The summed E-state index contributed by atoms with van der Waals surface area (Å²) in [5, 5.41) is 2.71. The van der Waals surface area contributed by atoms with E-state index in [1.165, 1.54) is 17.2 Å². The van der Waals surface area contributed by atoms with Gasteiger partial charge in [0.25, 0.3) is 5.91 Å². The SMILES string of the molecule is CSc1ccc(C=CC(=O)c2cccc(NC(=O)c3ccco3)c2)cc1. The molecule has 0 radical (unpaired) electrons. The van der Waals surface area contributed by atoms with Crippen molar-refractivity contribution in [2.24, 2.45) is 0 Å². The van der Waals surface area contributed by atoms with Crippen molar-refractivity contribution in [2.45, 2.75) is 4.90 Å². The van der Waals surface area contributed by atoms with E-state index in [2.05, 4.69) is 5.32 Å². The van der Waals surface area contributed by atoms with Crippen molar-refractivity contribution in [1.29, 1.82) is 0 Å². The summed E-state index contributed by atoms with van der Waals surface area (Å²) in [6.07, 6.45) is 6.76. The van der Waals surface area contributed by atoms with E-state index in [0.717, 1.165) is 5.56 Å². The maximum absolute atomic E-state index is 12.4. The topological polar surface area (TPSA) is 59.3 Å². The van der Waals surface area contributed by atoms with E-state index in [4.69, 9.17) is 4.42 Å². The molecule has 0 bridgehead atoms. The predicted octanol–water partition coefficient (Wildman–Crippen LogP) is 5.15. The number of amides is 1. The standard InChI is InChI=1S/C21H17NO3S/c1-26-18-10-7-15(8-11-18)9-12-19(23)16-4-2-5-17(14-16)22-21(24)20-6-3-13-25-20/h2-14H,1H3,(H,22,24). The molecule has 0 spiro atoms. The highest BCUT2D eigenvalue weighted by atomic mass is 32.2. The molecule has 1 heterocycles. The number of carbonyl (C=O) groups excluding carboxylic acids is 2. The van der Waals surface area contributed by atoms with E-state index in [-0.39, 0.29) is 17.5 Å². The van der Waals surface area contributed by atoms with E-state index < -0.39 is 0 Å². The Morgan fingerprint density at radius 3 is 2.54 bits per heavy atom. The monoisotopic (exact) mass is 363 g/mol. The van der Waals surface area contributed by atoms with Crippen LogP contribution in [0.25, 0.3) is 6.08 Å². The van der Waals surface area contributed by atoms with Crippen molar-refractivity contribution in [3.8, 4) is 0 Å². The maximum Gasteiger partial charge on any atom is 0.291 e. The van der Waals surface area contributed by atoms with Crippen LogP contribution in [0.3, 0.4) is 0 Å². The van der Waals surface area contributed by atoms with Gasteiger partial charge in [-0.3, -0.25) is 9.59 Å². The van der Waals surface area contributed by atoms with Crippen LogP contribution in [0.4, 0.5) is 5.69 Å². The Kier molecular flexibility index (Phi) is 5.71. The average molecular weight is 363 g/mol. The summed E-state index contributed by atoms with van der Waals surface area (Å²) in [5.41, 5.74) is 1.99. The Balaban J connectivity index is 1.69. The molecular weight excluding hydrogens is 346 g/mol. The molecule has 0 atom stereocenters. The van der Waals surface area contributed by atoms with Crippen molar-refractivity contribution in [3.63, 3.8) is 0 Å². The molecule has 1 aromatic heterocycles. The van der Waals surface area contributed by atoms with Gasteiger partial charge in [-0.25, -0.2) is 0 Å². The number of carbonyl (C=O) groups is 2. The van der Waals surface area contributed by atoms with Gasteiger partial charge in [0.15, 0.2) is 11.5 Å². The van der Waals surface area contributed by atoms with Crippen LogP contribution < -0.4 is 5.32 Å². The van der Waals surface area contributed by atoms with Crippen LogP contribution in [0.15, 0.2) is 82.3 Å². The molecule has 1 amide bonds. The largest absolute Gasteiger partial charge is 0.459 e. The van der Waals surface area contributed by atoms with Gasteiger partial charge in [-0.15, -0.1) is 11.8 Å². The van der Waals surface area contributed by atoms with Gasteiger partial charge in [-0.1, -0.05) is 30.3 Å². The second-order valence-electron chi connectivity index (χ2n) is 5.48. The minimum Gasteiger partial charge on any atom is -0.459 e. The molecule has 0 aliphatic rings. The summed E-state index contributed by atoms with van der Waals surface area (Å²) in [7, 11) is 0. The summed E-state index contributed by atoms with van der Waals surface area (Å²) in [6.45, 7) is 0. The molecule has 130 valence electrons. The lowest BCUT2D eigenvalue weighted by Gasteiger charge is -2.04. The first-order valence-electron chi connectivity index (χ1n) is 7.97. The Labute approximate surface area is 155 Å². The van der Waals surface area contributed by atoms with Gasteiger partial charge >= 0.3 is 0 Å². The summed E-state index contributed by atoms with van der Waals surface area (Å²) >= 11 is 1.67. The molecule has 0 saturated heterocycles. The number of hydrogen-bond donors (Lipinski definition) is 1. The number of hydrogen-bond acceptors (Lipinski definition) is 4.